The van der Waals surface area contributed by atoms with Crippen molar-refractivity contribution in [2.45, 2.75) is 12.5 Å². The molecule has 0 atom stereocenters. The number of amides is 1. The summed E-state index contributed by atoms with van der Waals surface area (Å²) in [6, 6.07) is 0. The molecule has 94 valence electrons. The van der Waals surface area contributed by atoms with Gasteiger partial charge in [0.2, 0.25) is 5.91 Å². The maximum absolute atomic E-state index is 11.5. The molecule has 6 heteroatoms. The number of rotatable bonds is 6. The Kier molecular flexibility index (Phi) is 4.49. The quantitative estimate of drug-likeness (QED) is 0.455. The fourth-order valence-electron chi connectivity index (χ4n) is 1.62. The average molecular weight is 240 g/mol. The zero-order valence-electron chi connectivity index (χ0n) is 9.73. The molecule has 1 rings (SSSR count). The lowest BCUT2D eigenvalue weighted by atomic mass is 9.96. The van der Waals surface area contributed by atoms with Gasteiger partial charge in [0.1, 0.15) is 12.2 Å². The van der Waals surface area contributed by atoms with Gasteiger partial charge in [-0.1, -0.05) is 5.92 Å². The molecule has 0 aromatic carbocycles. The van der Waals surface area contributed by atoms with Crippen LogP contribution in [0.5, 0.6) is 0 Å². The van der Waals surface area contributed by atoms with E-state index in [9.17, 15) is 9.59 Å². The minimum atomic E-state index is -1.01. The van der Waals surface area contributed by atoms with Crippen molar-refractivity contribution in [3.63, 3.8) is 0 Å². The summed E-state index contributed by atoms with van der Waals surface area (Å²) < 4.78 is 5.19. The molecule has 0 aromatic heterocycles. The number of carbonyl (C=O) groups excluding carboxylic acids is 1. The van der Waals surface area contributed by atoms with E-state index >= 15 is 0 Å². The highest BCUT2D eigenvalue weighted by molar-refractivity contribution is 5.79. The van der Waals surface area contributed by atoms with Gasteiger partial charge in [0.05, 0.1) is 26.2 Å². The summed E-state index contributed by atoms with van der Waals surface area (Å²) in [4.78, 5) is 23.5. The predicted molar refractivity (Wildman–Crippen MR) is 60.3 cm³/mol. The van der Waals surface area contributed by atoms with Gasteiger partial charge in [0, 0.05) is 0 Å². The van der Waals surface area contributed by atoms with E-state index in [1.165, 1.54) is 0 Å². The zero-order chi connectivity index (χ0) is 12.9. The molecule has 1 heterocycles. The first-order chi connectivity index (χ1) is 7.97. The summed E-state index contributed by atoms with van der Waals surface area (Å²) in [5, 5.41) is 11.3. The van der Waals surface area contributed by atoms with E-state index in [-0.39, 0.29) is 19.1 Å². The molecule has 1 fully saturated rings. The number of nitrogens with zero attached hydrogens (tertiary/aromatic N) is 1. The Balaban J connectivity index is 2.23. The second-order valence-electron chi connectivity index (χ2n) is 4.19. The summed E-state index contributed by atoms with van der Waals surface area (Å²) in [6.45, 7) is 2.82. The van der Waals surface area contributed by atoms with Crippen LogP contribution in [-0.4, -0.2) is 60.3 Å². The molecule has 6 nitrogen and oxygen atoms in total. The van der Waals surface area contributed by atoms with E-state index in [0.717, 1.165) is 0 Å². The number of carboxylic acids is 1. The van der Waals surface area contributed by atoms with Crippen LogP contribution in [0.2, 0.25) is 0 Å². The van der Waals surface area contributed by atoms with Gasteiger partial charge in [0.15, 0.2) is 0 Å². The van der Waals surface area contributed by atoms with Gasteiger partial charge in [-0.15, -0.1) is 6.42 Å². The van der Waals surface area contributed by atoms with Crippen molar-refractivity contribution in [1.29, 1.82) is 0 Å². The Morgan fingerprint density at radius 2 is 2.24 bits per heavy atom. The second-order valence-corrected chi connectivity index (χ2v) is 4.19. The molecule has 0 unspecified atom stereocenters. The number of carboxylic acid groups (broad SMARTS) is 1. The Bertz CT molecular complexity index is 342. The standard InChI is InChI=1S/C11H16N2O4/c1-3-4-12-5-9(14)13-7-11(2,8-13)17-6-10(15)16/h1,12H,4-8H2,2H3,(H,15,16). The van der Waals surface area contributed by atoms with E-state index in [1.807, 2.05) is 0 Å². The first kappa shape index (κ1) is 13.5. The smallest absolute Gasteiger partial charge is 0.329 e. The third-order valence-electron chi connectivity index (χ3n) is 2.45. The van der Waals surface area contributed by atoms with E-state index in [0.29, 0.717) is 19.6 Å². The Labute approximate surface area is 99.9 Å². The third kappa shape index (κ3) is 4.06. The van der Waals surface area contributed by atoms with E-state index in [4.69, 9.17) is 16.3 Å². The molecule has 1 aliphatic heterocycles. The summed E-state index contributed by atoms with van der Waals surface area (Å²) >= 11 is 0. The minimum absolute atomic E-state index is 0.0587. The van der Waals surface area contributed by atoms with Crippen LogP contribution < -0.4 is 5.32 Å². The summed E-state index contributed by atoms with van der Waals surface area (Å²) in [5.41, 5.74) is -0.542. The largest absolute Gasteiger partial charge is 0.480 e. The lowest BCUT2D eigenvalue weighted by molar-refractivity contribution is -0.172. The summed E-state index contributed by atoms with van der Waals surface area (Å²) in [6.07, 6.45) is 5.04. The van der Waals surface area contributed by atoms with Crippen molar-refractivity contribution in [2.24, 2.45) is 0 Å². The SMILES string of the molecule is C#CCNCC(=O)N1CC(C)(OCC(=O)O)C1. The number of carbonyl (C=O) groups is 2. The van der Waals surface area contributed by atoms with Crippen molar-refractivity contribution in [3.8, 4) is 12.3 Å². The minimum Gasteiger partial charge on any atom is -0.480 e. The second kappa shape index (κ2) is 5.66. The Morgan fingerprint density at radius 3 is 2.76 bits per heavy atom. The lowest BCUT2D eigenvalue weighted by Gasteiger charge is -2.47. The van der Waals surface area contributed by atoms with Crippen LogP contribution in [0.25, 0.3) is 0 Å². The molecular weight excluding hydrogens is 224 g/mol. The van der Waals surface area contributed by atoms with Crippen LogP contribution in [0.1, 0.15) is 6.92 Å². The van der Waals surface area contributed by atoms with Gasteiger partial charge in [-0.25, -0.2) is 4.79 Å². The molecule has 1 amide bonds. The van der Waals surface area contributed by atoms with Gasteiger partial charge in [-0.3, -0.25) is 10.1 Å². The van der Waals surface area contributed by atoms with Gasteiger partial charge in [-0.05, 0) is 6.92 Å². The van der Waals surface area contributed by atoms with Crippen LogP contribution >= 0.6 is 0 Å². The van der Waals surface area contributed by atoms with Crippen molar-refractivity contribution < 1.29 is 19.4 Å². The Hall–Kier alpha value is -1.58. The normalized spacial score (nSPS) is 17.1. The van der Waals surface area contributed by atoms with Crippen LogP contribution in [0.15, 0.2) is 0 Å². The number of hydrogen-bond donors (Lipinski definition) is 2. The third-order valence-corrected chi connectivity index (χ3v) is 2.45. The molecular formula is C11H16N2O4. The molecule has 0 bridgehead atoms. The molecule has 2 N–H and O–H groups in total. The van der Waals surface area contributed by atoms with Gasteiger partial charge in [-0.2, -0.15) is 0 Å². The Morgan fingerprint density at radius 1 is 1.59 bits per heavy atom. The maximum atomic E-state index is 11.5. The molecule has 17 heavy (non-hydrogen) atoms. The number of nitrogens with one attached hydrogen (secondary N) is 1. The lowest BCUT2D eigenvalue weighted by Crippen LogP contribution is -2.64. The number of hydrogen-bond acceptors (Lipinski definition) is 4. The molecule has 0 radical (unpaired) electrons. The van der Waals surface area contributed by atoms with Crippen LogP contribution in [0, 0.1) is 12.3 Å². The number of likely N-dealkylation sites (tertiary alicyclic amines) is 1. The molecule has 0 spiro atoms. The van der Waals surface area contributed by atoms with Crippen LogP contribution in [0.3, 0.4) is 0 Å². The molecule has 1 aliphatic rings. The van der Waals surface area contributed by atoms with Crippen molar-refractivity contribution >= 4 is 11.9 Å². The van der Waals surface area contributed by atoms with Gasteiger partial charge in [0.25, 0.3) is 0 Å². The number of aliphatic carboxylic acids is 1. The van der Waals surface area contributed by atoms with Gasteiger partial charge < -0.3 is 14.7 Å². The maximum Gasteiger partial charge on any atom is 0.329 e. The first-order valence-electron chi connectivity index (χ1n) is 5.24. The first-order valence-corrected chi connectivity index (χ1v) is 5.24. The van der Waals surface area contributed by atoms with Crippen molar-refractivity contribution in [2.75, 3.05) is 32.8 Å². The molecule has 0 aliphatic carbocycles. The highest BCUT2D eigenvalue weighted by Gasteiger charge is 2.42. The summed E-state index contributed by atoms with van der Waals surface area (Å²) in [5.74, 6) is 1.31. The molecule has 0 saturated carbocycles. The molecule has 1 saturated heterocycles. The van der Waals surface area contributed by atoms with E-state index in [2.05, 4.69) is 11.2 Å². The van der Waals surface area contributed by atoms with Crippen molar-refractivity contribution in [1.82, 2.24) is 10.2 Å². The monoisotopic (exact) mass is 240 g/mol. The summed E-state index contributed by atoms with van der Waals surface area (Å²) in [7, 11) is 0. The fraction of sp³-hybridized carbons (Fsp3) is 0.636. The van der Waals surface area contributed by atoms with Gasteiger partial charge >= 0.3 is 5.97 Å². The number of terminal acetylenes is 1. The molecule has 0 aromatic rings. The highest BCUT2D eigenvalue weighted by Crippen LogP contribution is 2.24. The number of ether oxygens (including phenoxy) is 1. The average Bonchev–Trinajstić information content (AvgIpc) is 2.22. The van der Waals surface area contributed by atoms with Crippen molar-refractivity contribution in [3.05, 3.63) is 0 Å². The van der Waals surface area contributed by atoms with Crippen LogP contribution in [0.4, 0.5) is 0 Å². The van der Waals surface area contributed by atoms with Crippen LogP contribution in [-0.2, 0) is 14.3 Å². The topological polar surface area (TPSA) is 78.9 Å². The highest BCUT2D eigenvalue weighted by atomic mass is 16.5. The zero-order valence-corrected chi connectivity index (χ0v) is 9.73. The fourth-order valence-corrected chi connectivity index (χ4v) is 1.62. The van der Waals surface area contributed by atoms with E-state index in [1.54, 1.807) is 11.8 Å². The van der Waals surface area contributed by atoms with E-state index < -0.39 is 11.6 Å². The predicted octanol–water partition coefficient (Wildman–Crippen LogP) is -1.09.